The zero-order valence-corrected chi connectivity index (χ0v) is 11.7. The van der Waals surface area contributed by atoms with Crippen LogP contribution in [0, 0.1) is 5.92 Å². The van der Waals surface area contributed by atoms with Gasteiger partial charge in [0, 0.05) is 19.6 Å². The molecule has 0 bridgehead atoms. The standard InChI is InChI=1S/C10H20N2O5S/c1-8(2)4-11-18(15,16)12-6-10(3,7-12)17-5-9(13)14/h8,11H,4-7H2,1-3H3,(H,13,14). The highest BCUT2D eigenvalue weighted by Crippen LogP contribution is 2.26. The minimum absolute atomic E-state index is 0.174. The first-order valence-corrected chi connectivity index (χ1v) is 7.19. The molecule has 1 rings (SSSR count). The van der Waals surface area contributed by atoms with Crippen molar-refractivity contribution in [3.8, 4) is 0 Å². The van der Waals surface area contributed by atoms with Crippen LogP contribution in [0.15, 0.2) is 0 Å². The molecule has 0 aromatic carbocycles. The van der Waals surface area contributed by atoms with Crippen LogP contribution in [0.2, 0.25) is 0 Å². The number of carboxylic acid groups (broad SMARTS) is 1. The monoisotopic (exact) mass is 280 g/mol. The number of hydrogen-bond donors (Lipinski definition) is 2. The maximum Gasteiger partial charge on any atom is 0.329 e. The maximum atomic E-state index is 11.8. The summed E-state index contributed by atoms with van der Waals surface area (Å²) in [5.74, 6) is -0.828. The molecule has 1 aliphatic heterocycles. The minimum Gasteiger partial charge on any atom is -0.480 e. The SMILES string of the molecule is CC(C)CNS(=O)(=O)N1CC(C)(OCC(=O)O)C1. The molecule has 0 amide bonds. The number of carbonyl (C=O) groups is 1. The first-order valence-electron chi connectivity index (χ1n) is 5.75. The third kappa shape index (κ3) is 4.20. The van der Waals surface area contributed by atoms with Crippen molar-refractivity contribution >= 4 is 16.2 Å². The van der Waals surface area contributed by atoms with E-state index >= 15 is 0 Å². The van der Waals surface area contributed by atoms with Crippen LogP contribution in [0.3, 0.4) is 0 Å². The predicted octanol–water partition coefficient (Wildman–Crippen LogP) is -0.348. The smallest absolute Gasteiger partial charge is 0.329 e. The molecule has 2 N–H and O–H groups in total. The van der Waals surface area contributed by atoms with E-state index in [0.717, 1.165) is 0 Å². The van der Waals surface area contributed by atoms with Gasteiger partial charge in [-0.2, -0.15) is 12.7 Å². The summed E-state index contributed by atoms with van der Waals surface area (Å²) in [6.07, 6.45) is 0. The van der Waals surface area contributed by atoms with Crippen LogP contribution in [-0.4, -0.2) is 55.6 Å². The lowest BCUT2D eigenvalue weighted by Gasteiger charge is -2.45. The zero-order valence-electron chi connectivity index (χ0n) is 10.8. The predicted molar refractivity (Wildman–Crippen MR) is 65.3 cm³/mol. The molecule has 1 fully saturated rings. The van der Waals surface area contributed by atoms with Crippen molar-refractivity contribution in [1.29, 1.82) is 0 Å². The number of carboxylic acids is 1. The van der Waals surface area contributed by atoms with Crippen LogP contribution in [0.4, 0.5) is 0 Å². The van der Waals surface area contributed by atoms with Crippen LogP contribution in [0.1, 0.15) is 20.8 Å². The molecular formula is C10H20N2O5S. The molecule has 0 unspecified atom stereocenters. The Morgan fingerprint density at radius 1 is 1.50 bits per heavy atom. The van der Waals surface area contributed by atoms with Crippen molar-refractivity contribution in [3.63, 3.8) is 0 Å². The number of aliphatic carboxylic acids is 1. The number of ether oxygens (including phenoxy) is 1. The molecule has 18 heavy (non-hydrogen) atoms. The quantitative estimate of drug-likeness (QED) is 0.664. The largest absolute Gasteiger partial charge is 0.480 e. The Kier molecular flexibility index (Phi) is 4.71. The highest BCUT2D eigenvalue weighted by Gasteiger charge is 2.45. The van der Waals surface area contributed by atoms with E-state index in [9.17, 15) is 13.2 Å². The van der Waals surface area contributed by atoms with Gasteiger partial charge >= 0.3 is 5.97 Å². The van der Waals surface area contributed by atoms with Gasteiger partial charge < -0.3 is 9.84 Å². The minimum atomic E-state index is -3.47. The van der Waals surface area contributed by atoms with E-state index in [0.29, 0.717) is 6.54 Å². The lowest BCUT2D eigenvalue weighted by atomic mass is 10.0. The molecule has 0 atom stereocenters. The second kappa shape index (κ2) is 5.52. The molecule has 0 saturated carbocycles. The van der Waals surface area contributed by atoms with Crippen molar-refractivity contribution in [2.75, 3.05) is 26.2 Å². The highest BCUT2D eigenvalue weighted by atomic mass is 32.2. The second-order valence-corrected chi connectivity index (χ2v) is 6.90. The van der Waals surface area contributed by atoms with Gasteiger partial charge in [-0.1, -0.05) is 13.8 Å². The van der Waals surface area contributed by atoms with Gasteiger partial charge in [0.2, 0.25) is 0 Å². The molecule has 0 radical (unpaired) electrons. The average Bonchev–Trinajstić information content (AvgIpc) is 2.19. The van der Waals surface area contributed by atoms with E-state index < -0.39 is 28.4 Å². The van der Waals surface area contributed by atoms with E-state index in [-0.39, 0.29) is 19.0 Å². The molecule has 0 aliphatic carbocycles. The Hall–Kier alpha value is -0.700. The first kappa shape index (κ1) is 15.4. The van der Waals surface area contributed by atoms with Gasteiger partial charge in [0.05, 0.1) is 5.60 Å². The van der Waals surface area contributed by atoms with Gasteiger partial charge in [-0.3, -0.25) is 0 Å². The summed E-state index contributed by atoms with van der Waals surface area (Å²) in [7, 11) is -3.47. The zero-order chi connectivity index (χ0) is 14.0. The molecule has 0 spiro atoms. The van der Waals surface area contributed by atoms with Crippen LogP contribution >= 0.6 is 0 Å². The Bertz CT molecular complexity index is 400. The summed E-state index contributed by atoms with van der Waals surface area (Å²) in [5, 5.41) is 8.50. The van der Waals surface area contributed by atoms with Crippen molar-refractivity contribution in [1.82, 2.24) is 9.03 Å². The Morgan fingerprint density at radius 3 is 2.50 bits per heavy atom. The molecule has 8 heteroatoms. The van der Waals surface area contributed by atoms with Gasteiger partial charge in [0.15, 0.2) is 0 Å². The van der Waals surface area contributed by atoms with Crippen LogP contribution in [0.25, 0.3) is 0 Å². The molecule has 7 nitrogen and oxygen atoms in total. The number of nitrogens with zero attached hydrogens (tertiary/aromatic N) is 1. The van der Waals surface area contributed by atoms with Crippen LogP contribution in [0.5, 0.6) is 0 Å². The molecule has 0 aromatic rings. The highest BCUT2D eigenvalue weighted by molar-refractivity contribution is 7.87. The molecule has 1 aliphatic rings. The first-order chi connectivity index (χ1) is 8.15. The van der Waals surface area contributed by atoms with E-state index in [1.807, 2.05) is 13.8 Å². The molecular weight excluding hydrogens is 260 g/mol. The summed E-state index contributed by atoms with van der Waals surface area (Å²) in [6.45, 7) is 5.85. The fourth-order valence-corrected chi connectivity index (χ4v) is 3.17. The van der Waals surface area contributed by atoms with Gasteiger partial charge in [0.1, 0.15) is 6.61 Å². The third-order valence-electron chi connectivity index (χ3n) is 2.58. The lowest BCUT2D eigenvalue weighted by Crippen LogP contribution is -2.65. The van der Waals surface area contributed by atoms with Gasteiger partial charge in [-0.05, 0) is 12.8 Å². The summed E-state index contributed by atoms with van der Waals surface area (Å²) < 4.78 is 32.5. The molecule has 1 saturated heterocycles. The molecule has 106 valence electrons. The average molecular weight is 280 g/mol. The normalized spacial score (nSPS) is 19.8. The summed E-state index contributed by atoms with van der Waals surface area (Å²) in [6, 6.07) is 0. The van der Waals surface area contributed by atoms with Crippen molar-refractivity contribution in [2.24, 2.45) is 5.92 Å². The molecule has 1 heterocycles. The Balaban J connectivity index is 2.42. The van der Waals surface area contributed by atoms with Gasteiger partial charge in [-0.25, -0.2) is 9.52 Å². The second-order valence-electron chi connectivity index (χ2n) is 5.15. The van der Waals surface area contributed by atoms with E-state index in [1.54, 1.807) is 6.92 Å². The maximum absolute atomic E-state index is 11.8. The third-order valence-corrected chi connectivity index (χ3v) is 4.05. The van der Waals surface area contributed by atoms with Gasteiger partial charge in [-0.15, -0.1) is 0 Å². The summed E-state index contributed by atoms with van der Waals surface area (Å²) >= 11 is 0. The molecule has 0 aromatic heterocycles. The van der Waals surface area contributed by atoms with E-state index in [1.165, 1.54) is 4.31 Å². The van der Waals surface area contributed by atoms with Crippen molar-refractivity contribution < 1.29 is 23.1 Å². The van der Waals surface area contributed by atoms with Crippen molar-refractivity contribution in [3.05, 3.63) is 0 Å². The summed E-state index contributed by atoms with van der Waals surface area (Å²) in [5.41, 5.74) is -0.703. The lowest BCUT2D eigenvalue weighted by molar-refractivity contribution is -0.157. The number of nitrogens with one attached hydrogen (secondary N) is 1. The Morgan fingerprint density at radius 2 is 2.06 bits per heavy atom. The Labute approximate surface area is 107 Å². The van der Waals surface area contributed by atoms with E-state index in [4.69, 9.17) is 9.84 Å². The van der Waals surface area contributed by atoms with Crippen molar-refractivity contribution in [2.45, 2.75) is 26.4 Å². The van der Waals surface area contributed by atoms with Crippen LogP contribution in [-0.2, 0) is 19.7 Å². The number of rotatable bonds is 7. The van der Waals surface area contributed by atoms with Crippen LogP contribution < -0.4 is 4.72 Å². The fourth-order valence-electron chi connectivity index (χ4n) is 1.56. The van der Waals surface area contributed by atoms with Gasteiger partial charge in [0.25, 0.3) is 10.2 Å². The van der Waals surface area contributed by atoms with E-state index in [2.05, 4.69) is 4.72 Å². The fraction of sp³-hybridized carbons (Fsp3) is 0.900. The summed E-state index contributed by atoms with van der Waals surface area (Å²) in [4.78, 5) is 10.4. The topological polar surface area (TPSA) is 95.9 Å². The number of hydrogen-bond acceptors (Lipinski definition) is 4.